The zero-order chi connectivity index (χ0) is 18.5. The van der Waals surface area contributed by atoms with Crippen LogP contribution in [0.3, 0.4) is 0 Å². The second-order valence-corrected chi connectivity index (χ2v) is 6.93. The molecule has 26 heavy (non-hydrogen) atoms. The predicted octanol–water partition coefficient (Wildman–Crippen LogP) is 5.31. The van der Waals surface area contributed by atoms with Crippen LogP contribution in [0, 0.1) is 16.0 Å². The Morgan fingerprint density at radius 2 is 2.15 bits per heavy atom. The molecular weight excluding hydrogens is 354 g/mol. The summed E-state index contributed by atoms with van der Waals surface area (Å²) in [4.78, 5) is 15.5. The molecule has 1 fully saturated rings. The van der Waals surface area contributed by atoms with E-state index in [0.29, 0.717) is 28.4 Å². The second-order valence-electron chi connectivity index (χ2n) is 6.52. The fourth-order valence-corrected chi connectivity index (χ4v) is 3.48. The van der Waals surface area contributed by atoms with Gasteiger partial charge in [0.2, 0.25) is 5.82 Å². The molecule has 138 valence electrons. The summed E-state index contributed by atoms with van der Waals surface area (Å²) in [5.41, 5.74) is 0.974. The molecular formula is C19H22ClN3O3. The van der Waals surface area contributed by atoms with Gasteiger partial charge in [-0.05, 0) is 43.0 Å². The maximum absolute atomic E-state index is 11.7. The lowest BCUT2D eigenvalue weighted by atomic mass is 9.82. The van der Waals surface area contributed by atoms with Crippen molar-refractivity contribution in [1.29, 1.82) is 0 Å². The third kappa shape index (κ3) is 4.07. The first-order valence-corrected chi connectivity index (χ1v) is 9.19. The normalized spacial score (nSPS) is 13.9. The molecule has 6 nitrogen and oxygen atoms in total. The van der Waals surface area contributed by atoms with Crippen molar-refractivity contribution < 1.29 is 9.66 Å². The molecule has 0 bridgehead atoms. The fraction of sp³-hybridized carbons (Fsp3) is 0.421. The molecule has 0 spiro atoms. The Hall–Kier alpha value is -2.34. The van der Waals surface area contributed by atoms with Gasteiger partial charge in [-0.3, -0.25) is 10.1 Å². The topological polar surface area (TPSA) is 77.3 Å². The van der Waals surface area contributed by atoms with Gasteiger partial charge >= 0.3 is 5.69 Å². The van der Waals surface area contributed by atoms with E-state index in [2.05, 4.69) is 10.3 Å². The number of hydrogen-bond acceptors (Lipinski definition) is 5. The first-order chi connectivity index (χ1) is 12.6. The molecule has 1 N–H and O–H groups in total. The van der Waals surface area contributed by atoms with Gasteiger partial charge in [0, 0.05) is 18.3 Å². The molecule has 1 heterocycles. The van der Waals surface area contributed by atoms with Gasteiger partial charge in [0.05, 0.1) is 22.6 Å². The minimum atomic E-state index is -0.406. The summed E-state index contributed by atoms with van der Waals surface area (Å²) in [5, 5.41) is 15.2. The van der Waals surface area contributed by atoms with Crippen LogP contribution in [0.15, 0.2) is 30.5 Å². The lowest BCUT2D eigenvalue weighted by Crippen LogP contribution is -2.13. The molecule has 0 aliphatic heterocycles. The number of halogens is 1. The van der Waals surface area contributed by atoms with Gasteiger partial charge in [0.15, 0.2) is 0 Å². The third-order valence-electron chi connectivity index (χ3n) is 4.88. The van der Waals surface area contributed by atoms with E-state index in [-0.39, 0.29) is 11.5 Å². The summed E-state index contributed by atoms with van der Waals surface area (Å²) in [7, 11) is 1.55. The lowest BCUT2D eigenvalue weighted by Gasteiger charge is -2.25. The van der Waals surface area contributed by atoms with Crippen LogP contribution in [0.2, 0.25) is 5.02 Å². The summed E-state index contributed by atoms with van der Waals surface area (Å²) >= 11 is 6.31. The van der Waals surface area contributed by atoms with Gasteiger partial charge in [-0.25, -0.2) is 4.98 Å². The molecule has 0 atom stereocenters. The summed E-state index contributed by atoms with van der Waals surface area (Å²) in [5.74, 6) is 1.71. The quantitative estimate of drug-likeness (QED) is 0.384. The number of hydrogen-bond donors (Lipinski definition) is 1. The van der Waals surface area contributed by atoms with Crippen LogP contribution in [-0.2, 0) is 0 Å². The molecule has 7 heteroatoms. The Morgan fingerprint density at radius 1 is 1.35 bits per heavy atom. The first kappa shape index (κ1) is 18.5. The van der Waals surface area contributed by atoms with Crippen LogP contribution < -0.4 is 10.1 Å². The Labute approximate surface area is 157 Å². The van der Waals surface area contributed by atoms with Gasteiger partial charge < -0.3 is 10.1 Å². The highest BCUT2D eigenvalue weighted by Crippen LogP contribution is 2.39. The van der Waals surface area contributed by atoms with Crippen molar-refractivity contribution in [2.24, 2.45) is 5.92 Å². The maximum Gasteiger partial charge on any atom is 0.319 e. The highest BCUT2D eigenvalue weighted by Gasteiger charge is 2.24. The summed E-state index contributed by atoms with van der Waals surface area (Å²) in [6.45, 7) is 0.671. The van der Waals surface area contributed by atoms with Crippen molar-refractivity contribution in [1.82, 2.24) is 4.98 Å². The molecule has 0 saturated heterocycles. The van der Waals surface area contributed by atoms with Gasteiger partial charge in [-0.1, -0.05) is 30.9 Å². The van der Waals surface area contributed by atoms with E-state index in [4.69, 9.17) is 16.3 Å². The number of ether oxygens (including phenoxy) is 1. The Balaban J connectivity index is 1.82. The standard InChI is InChI=1S/C19H22ClN3O3/c1-26-14-7-8-15(17(20)12-14)16-9-11-22-19(18(16)23(24)25)21-10-3-6-13-4-2-5-13/h7-9,11-13H,2-6,10H2,1H3,(H,21,22). The molecule has 1 aromatic heterocycles. The molecule has 0 amide bonds. The SMILES string of the molecule is COc1ccc(-c2ccnc(NCCCC3CCC3)c2[N+](=O)[O-])c(Cl)c1. The van der Waals surface area contributed by atoms with Gasteiger partial charge in [-0.15, -0.1) is 0 Å². The number of methoxy groups -OCH3 is 1. The van der Waals surface area contributed by atoms with Crippen molar-refractivity contribution in [2.75, 3.05) is 19.0 Å². The zero-order valence-electron chi connectivity index (χ0n) is 14.7. The van der Waals surface area contributed by atoms with Crippen LogP contribution in [0.1, 0.15) is 32.1 Å². The summed E-state index contributed by atoms with van der Waals surface area (Å²) < 4.78 is 5.14. The van der Waals surface area contributed by atoms with Crippen molar-refractivity contribution in [3.05, 3.63) is 45.6 Å². The highest BCUT2D eigenvalue weighted by atomic mass is 35.5. The van der Waals surface area contributed by atoms with E-state index in [0.717, 1.165) is 18.8 Å². The van der Waals surface area contributed by atoms with E-state index in [1.807, 2.05) is 0 Å². The van der Waals surface area contributed by atoms with Crippen LogP contribution >= 0.6 is 11.6 Å². The van der Waals surface area contributed by atoms with Crippen LogP contribution in [0.5, 0.6) is 5.75 Å². The fourth-order valence-electron chi connectivity index (χ4n) is 3.21. The molecule has 1 aliphatic carbocycles. The Kier molecular flexibility index (Phi) is 5.93. The molecule has 1 saturated carbocycles. The third-order valence-corrected chi connectivity index (χ3v) is 5.19. The lowest BCUT2D eigenvalue weighted by molar-refractivity contribution is -0.383. The van der Waals surface area contributed by atoms with Gasteiger partial charge in [-0.2, -0.15) is 0 Å². The maximum atomic E-state index is 11.7. The molecule has 3 rings (SSSR count). The average molecular weight is 376 g/mol. The second kappa shape index (κ2) is 8.36. The van der Waals surface area contributed by atoms with Crippen molar-refractivity contribution in [3.8, 4) is 16.9 Å². The smallest absolute Gasteiger partial charge is 0.319 e. The van der Waals surface area contributed by atoms with Crippen LogP contribution in [0.25, 0.3) is 11.1 Å². The molecule has 1 aromatic carbocycles. The predicted molar refractivity (Wildman–Crippen MR) is 103 cm³/mol. The van der Waals surface area contributed by atoms with Gasteiger partial charge in [0.1, 0.15) is 5.75 Å². The average Bonchev–Trinajstić information content (AvgIpc) is 2.59. The zero-order valence-corrected chi connectivity index (χ0v) is 15.5. The number of nitro groups is 1. The molecule has 0 unspecified atom stereocenters. The number of pyridine rings is 1. The van der Waals surface area contributed by atoms with E-state index < -0.39 is 4.92 Å². The van der Waals surface area contributed by atoms with E-state index >= 15 is 0 Å². The van der Waals surface area contributed by atoms with Crippen molar-refractivity contribution >= 4 is 23.1 Å². The largest absolute Gasteiger partial charge is 0.497 e. The first-order valence-electron chi connectivity index (χ1n) is 8.81. The van der Waals surface area contributed by atoms with E-state index in [1.54, 1.807) is 37.6 Å². The summed E-state index contributed by atoms with van der Waals surface area (Å²) in [6, 6.07) is 6.72. The van der Waals surface area contributed by atoms with Crippen molar-refractivity contribution in [3.63, 3.8) is 0 Å². The Morgan fingerprint density at radius 3 is 2.77 bits per heavy atom. The number of anilines is 1. The molecule has 2 aromatic rings. The Bertz CT molecular complexity index is 794. The summed E-state index contributed by atoms with van der Waals surface area (Å²) in [6.07, 6.45) is 7.66. The highest BCUT2D eigenvalue weighted by molar-refractivity contribution is 6.33. The monoisotopic (exact) mass is 375 g/mol. The number of benzene rings is 1. The van der Waals surface area contributed by atoms with E-state index in [9.17, 15) is 10.1 Å². The van der Waals surface area contributed by atoms with Crippen LogP contribution in [-0.4, -0.2) is 23.6 Å². The molecule has 1 aliphatic rings. The van der Waals surface area contributed by atoms with Crippen molar-refractivity contribution in [2.45, 2.75) is 32.1 Å². The number of nitrogens with zero attached hydrogens (tertiary/aromatic N) is 2. The van der Waals surface area contributed by atoms with Gasteiger partial charge in [0.25, 0.3) is 0 Å². The number of aromatic nitrogens is 1. The van der Waals surface area contributed by atoms with E-state index in [1.165, 1.54) is 19.3 Å². The minimum Gasteiger partial charge on any atom is -0.497 e. The minimum absolute atomic E-state index is 0.0526. The molecule has 0 radical (unpaired) electrons. The van der Waals surface area contributed by atoms with Crippen LogP contribution in [0.4, 0.5) is 11.5 Å². The number of rotatable bonds is 8. The number of nitrogens with one attached hydrogen (secondary N) is 1.